The zero-order chi connectivity index (χ0) is 19.6. The molecule has 0 unspecified atom stereocenters. The van der Waals surface area contributed by atoms with Crippen LogP contribution >= 0.6 is 0 Å². The number of benzene rings is 1. The highest BCUT2D eigenvalue weighted by atomic mass is 15.2. The molecule has 152 valence electrons. The van der Waals surface area contributed by atoms with Gasteiger partial charge in [0.2, 0.25) is 5.95 Å². The number of hydrogen-bond acceptors (Lipinski definition) is 5. The van der Waals surface area contributed by atoms with Crippen LogP contribution in [0.25, 0.3) is 22.6 Å². The summed E-state index contributed by atoms with van der Waals surface area (Å²) in [7, 11) is 0. The Kier molecular flexibility index (Phi) is 5.19. The van der Waals surface area contributed by atoms with Gasteiger partial charge in [-0.05, 0) is 64.5 Å². The van der Waals surface area contributed by atoms with Crippen LogP contribution in [0.5, 0.6) is 0 Å². The molecule has 0 spiro atoms. The number of fused-ring (bicyclic) bond motifs is 1. The van der Waals surface area contributed by atoms with E-state index in [0.29, 0.717) is 6.04 Å². The molecule has 0 amide bonds. The van der Waals surface area contributed by atoms with Crippen molar-refractivity contribution in [2.75, 3.05) is 18.4 Å². The maximum Gasteiger partial charge on any atom is 0.225 e. The lowest BCUT2D eigenvalue weighted by molar-refractivity contribution is 0.341. The summed E-state index contributed by atoms with van der Waals surface area (Å²) >= 11 is 0. The van der Waals surface area contributed by atoms with Crippen LogP contribution in [0.1, 0.15) is 44.2 Å². The first kappa shape index (κ1) is 18.6. The van der Waals surface area contributed by atoms with Crippen molar-refractivity contribution in [1.29, 1.82) is 0 Å². The fourth-order valence-corrected chi connectivity index (χ4v) is 4.34. The minimum Gasteiger partial charge on any atom is -0.351 e. The monoisotopic (exact) mass is 390 g/mol. The maximum absolute atomic E-state index is 4.98. The predicted molar refractivity (Wildman–Crippen MR) is 117 cm³/mol. The number of aryl methyl sites for hydroxylation is 2. The SMILES string of the molecule is Cc1nc(NC2CC2)nc2c1nc(-c1ccccc1)n2CCCC1CCNCC1. The molecule has 1 saturated heterocycles. The van der Waals surface area contributed by atoms with Crippen LogP contribution in [-0.2, 0) is 6.54 Å². The zero-order valence-electron chi connectivity index (χ0n) is 17.2. The Bertz CT molecular complexity index is 970. The van der Waals surface area contributed by atoms with Gasteiger partial charge in [-0.3, -0.25) is 0 Å². The van der Waals surface area contributed by atoms with Gasteiger partial charge in [0.25, 0.3) is 0 Å². The Morgan fingerprint density at radius 2 is 1.83 bits per heavy atom. The van der Waals surface area contributed by atoms with E-state index in [2.05, 4.69) is 50.5 Å². The highest BCUT2D eigenvalue weighted by molar-refractivity contribution is 5.80. The van der Waals surface area contributed by atoms with Crippen molar-refractivity contribution in [2.24, 2.45) is 5.92 Å². The van der Waals surface area contributed by atoms with Gasteiger partial charge < -0.3 is 15.2 Å². The molecule has 0 atom stereocenters. The molecule has 29 heavy (non-hydrogen) atoms. The fraction of sp³-hybridized carbons (Fsp3) is 0.522. The van der Waals surface area contributed by atoms with Crippen molar-refractivity contribution in [3.8, 4) is 11.4 Å². The average Bonchev–Trinajstić information content (AvgIpc) is 3.49. The first-order chi connectivity index (χ1) is 14.3. The van der Waals surface area contributed by atoms with Gasteiger partial charge in [-0.15, -0.1) is 0 Å². The third kappa shape index (κ3) is 4.13. The van der Waals surface area contributed by atoms with Gasteiger partial charge >= 0.3 is 0 Å². The second-order valence-electron chi connectivity index (χ2n) is 8.51. The molecule has 1 aromatic carbocycles. The minimum atomic E-state index is 0.539. The van der Waals surface area contributed by atoms with Gasteiger partial charge in [0.05, 0.1) is 5.69 Å². The van der Waals surface area contributed by atoms with Gasteiger partial charge in [-0.2, -0.15) is 4.98 Å². The smallest absolute Gasteiger partial charge is 0.225 e. The van der Waals surface area contributed by atoms with Gasteiger partial charge in [-0.1, -0.05) is 30.3 Å². The third-order valence-corrected chi connectivity index (χ3v) is 6.16. The standard InChI is InChI=1S/C23H30N6/c1-16-20-22(28-23(25-16)26-19-9-10-19)29(15-5-6-17-11-13-24-14-12-17)21(27-20)18-7-3-2-4-8-18/h2-4,7-8,17,19,24H,5-6,9-15H2,1H3,(H,25,26,28). The zero-order valence-corrected chi connectivity index (χ0v) is 17.2. The molecular weight excluding hydrogens is 360 g/mol. The van der Waals surface area contributed by atoms with Gasteiger partial charge in [0.15, 0.2) is 5.65 Å². The quantitative estimate of drug-likeness (QED) is 0.634. The van der Waals surface area contributed by atoms with E-state index in [0.717, 1.165) is 66.2 Å². The number of hydrogen-bond donors (Lipinski definition) is 2. The molecule has 5 rings (SSSR count). The van der Waals surface area contributed by atoms with Crippen LogP contribution in [0.15, 0.2) is 30.3 Å². The van der Waals surface area contributed by atoms with E-state index >= 15 is 0 Å². The van der Waals surface area contributed by atoms with Crippen LogP contribution in [0.3, 0.4) is 0 Å². The lowest BCUT2D eigenvalue weighted by Crippen LogP contribution is -2.27. The summed E-state index contributed by atoms with van der Waals surface area (Å²) in [5, 5.41) is 6.93. The van der Waals surface area contributed by atoms with Crippen LogP contribution in [0.4, 0.5) is 5.95 Å². The predicted octanol–water partition coefficient (Wildman–Crippen LogP) is 4.16. The number of nitrogens with zero attached hydrogens (tertiary/aromatic N) is 4. The molecule has 2 aliphatic rings. The highest BCUT2D eigenvalue weighted by Crippen LogP contribution is 2.29. The lowest BCUT2D eigenvalue weighted by atomic mass is 9.93. The van der Waals surface area contributed by atoms with Crippen molar-refractivity contribution in [3.05, 3.63) is 36.0 Å². The molecule has 0 radical (unpaired) electrons. The summed E-state index contributed by atoms with van der Waals surface area (Å²) in [5.74, 6) is 2.60. The summed E-state index contributed by atoms with van der Waals surface area (Å²) in [6.45, 7) is 5.32. The van der Waals surface area contributed by atoms with Gasteiger partial charge in [-0.25, -0.2) is 9.97 Å². The third-order valence-electron chi connectivity index (χ3n) is 6.16. The molecule has 2 fully saturated rings. The van der Waals surface area contributed by atoms with E-state index in [4.69, 9.17) is 9.97 Å². The average molecular weight is 391 g/mol. The summed E-state index contributed by atoms with van der Waals surface area (Å²) < 4.78 is 2.32. The Morgan fingerprint density at radius 1 is 1.03 bits per heavy atom. The van der Waals surface area contributed by atoms with E-state index in [1.807, 2.05) is 6.92 Å². The summed E-state index contributed by atoms with van der Waals surface area (Å²) in [5.41, 5.74) is 3.98. The lowest BCUT2D eigenvalue weighted by Gasteiger charge is -2.22. The Balaban J connectivity index is 1.47. The normalized spacial score (nSPS) is 17.7. The number of anilines is 1. The summed E-state index contributed by atoms with van der Waals surface area (Å²) in [4.78, 5) is 14.6. The summed E-state index contributed by atoms with van der Waals surface area (Å²) in [6, 6.07) is 11.0. The van der Waals surface area contributed by atoms with Crippen molar-refractivity contribution < 1.29 is 0 Å². The number of rotatable bonds is 7. The molecular formula is C23H30N6. The molecule has 2 aromatic heterocycles. The molecule has 1 aliphatic heterocycles. The van der Waals surface area contributed by atoms with Crippen LogP contribution < -0.4 is 10.6 Å². The van der Waals surface area contributed by atoms with E-state index in [-0.39, 0.29) is 0 Å². The first-order valence-corrected chi connectivity index (χ1v) is 11.1. The van der Waals surface area contributed by atoms with Crippen molar-refractivity contribution >= 4 is 17.1 Å². The van der Waals surface area contributed by atoms with Crippen molar-refractivity contribution in [2.45, 2.75) is 58.0 Å². The Hall–Kier alpha value is -2.47. The first-order valence-electron chi connectivity index (χ1n) is 11.1. The molecule has 1 saturated carbocycles. The molecule has 3 heterocycles. The number of imidazole rings is 1. The fourth-order valence-electron chi connectivity index (χ4n) is 4.34. The summed E-state index contributed by atoms with van der Waals surface area (Å²) in [6.07, 6.45) is 7.45. The number of nitrogens with one attached hydrogen (secondary N) is 2. The minimum absolute atomic E-state index is 0.539. The van der Waals surface area contributed by atoms with E-state index < -0.39 is 0 Å². The molecule has 0 bridgehead atoms. The maximum atomic E-state index is 4.98. The Morgan fingerprint density at radius 3 is 2.59 bits per heavy atom. The molecule has 6 heteroatoms. The van der Waals surface area contributed by atoms with E-state index in [9.17, 15) is 0 Å². The largest absolute Gasteiger partial charge is 0.351 e. The highest BCUT2D eigenvalue weighted by Gasteiger charge is 2.24. The molecule has 3 aromatic rings. The topological polar surface area (TPSA) is 67.7 Å². The number of piperidine rings is 1. The van der Waals surface area contributed by atoms with E-state index in [1.165, 1.54) is 32.1 Å². The van der Waals surface area contributed by atoms with Gasteiger partial charge in [0.1, 0.15) is 11.3 Å². The van der Waals surface area contributed by atoms with Crippen molar-refractivity contribution in [1.82, 2.24) is 24.8 Å². The van der Waals surface area contributed by atoms with Crippen LogP contribution in [0, 0.1) is 12.8 Å². The molecule has 1 aliphatic carbocycles. The number of aromatic nitrogens is 4. The van der Waals surface area contributed by atoms with Crippen LogP contribution in [0.2, 0.25) is 0 Å². The second-order valence-corrected chi connectivity index (χ2v) is 8.51. The van der Waals surface area contributed by atoms with Crippen molar-refractivity contribution in [3.63, 3.8) is 0 Å². The molecule has 2 N–H and O–H groups in total. The van der Waals surface area contributed by atoms with Crippen LogP contribution in [-0.4, -0.2) is 38.7 Å². The van der Waals surface area contributed by atoms with E-state index in [1.54, 1.807) is 0 Å². The Labute approximate surface area is 172 Å². The molecule has 6 nitrogen and oxygen atoms in total. The van der Waals surface area contributed by atoms with Gasteiger partial charge in [0, 0.05) is 18.2 Å². The second kappa shape index (κ2) is 8.11.